The fraction of sp³-hybridized carbons (Fsp3) is 0.833. The number of hydrogen-bond donors (Lipinski definition) is 3. The molecule has 0 rings (SSSR count). The molecule has 0 aliphatic carbocycles. The SMILES string of the molecule is CCCC(=O)NCNC(=O)CCN(C)CCCCNC(=O)OC(C)(C)C. The molecule has 8 heteroatoms. The molecule has 26 heavy (non-hydrogen) atoms. The predicted octanol–water partition coefficient (Wildman–Crippen LogP) is 1.60. The molecule has 0 unspecified atom stereocenters. The lowest BCUT2D eigenvalue weighted by Gasteiger charge is -2.20. The number of ether oxygens (including phenoxy) is 1. The van der Waals surface area contributed by atoms with Crippen LogP contribution in [0.3, 0.4) is 0 Å². The average Bonchev–Trinajstić information content (AvgIpc) is 2.51. The summed E-state index contributed by atoms with van der Waals surface area (Å²) in [5.41, 5.74) is -0.482. The third-order valence-corrected chi connectivity index (χ3v) is 3.40. The van der Waals surface area contributed by atoms with Crippen molar-refractivity contribution in [2.24, 2.45) is 0 Å². The molecule has 0 atom stereocenters. The zero-order valence-electron chi connectivity index (χ0n) is 16.9. The highest BCUT2D eigenvalue weighted by atomic mass is 16.6. The summed E-state index contributed by atoms with van der Waals surface area (Å²) >= 11 is 0. The van der Waals surface area contributed by atoms with E-state index in [0.717, 1.165) is 25.8 Å². The number of amides is 3. The first-order valence-corrected chi connectivity index (χ1v) is 9.33. The van der Waals surface area contributed by atoms with Gasteiger partial charge in [-0.05, 0) is 53.6 Å². The molecule has 0 aliphatic rings. The van der Waals surface area contributed by atoms with Crippen LogP contribution in [0.15, 0.2) is 0 Å². The lowest BCUT2D eigenvalue weighted by molar-refractivity contribution is -0.123. The first-order valence-electron chi connectivity index (χ1n) is 9.33. The van der Waals surface area contributed by atoms with E-state index in [1.165, 1.54) is 0 Å². The molecule has 3 N–H and O–H groups in total. The second-order valence-electron chi connectivity index (χ2n) is 7.32. The minimum absolute atomic E-state index is 0.0510. The normalized spacial score (nSPS) is 11.2. The maximum Gasteiger partial charge on any atom is 0.407 e. The van der Waals surface area contributed by atoms with Crippen LogP contribution in [0.5, 0.6) is 0 Å². The fourth-order valence-electron chi connectivity index (χ4n) is 2.06. The number of unbranched alkanes of at least 4 members (excludes halogenated alkanes) is 1. The van der Waals surface area contributed by atoms with E-state index >= 15 is 0 Å². The Kier molecular flexibility index (Phi) is 12.4. The third-order valence-electron chi connectivity index (χ3n) is 3.40. The lowest BCUT2D eigenvalue weighted by atomic mass is 10.2. The van der Waals surface area contributed by atoms with E-state index < -0.39 is 11.7 Å². The molecule has 0 saturated carbocycles. The smallest absolute Gasteiger partial charge is 0.407 e. The summed E-state index contributed by atoms with van der Waals surface area (Å²) in [6.07, 6.45) is 3.02. The van der Waals surface area contributed by atoms with E-state index in [-0.39, 0.29) is 18.5 Å². The van der Waals surface area contributed by atoms with Gasteiger partial charge in [0, 0.05) is 25.9 Å². The number of nitrogens with one attached hydrogen (secondary N) is 3. The first-order chi connectivity index (χ1) is 12.1. The highest BCUT2D eigenvalue weighted by Gasteiger charge is 2.15. The topological polar surface area (TPSA) is 99.8 Å². The van der Waals surface area contributed by atoms with Crippen LogP contribution in [0, 0.1) is 0 Å². The molecule has 152 valence electrons. The van der Waals surface area contributed by atoms with Crippen LogP contribution in [0.25, 0.3) is 0 Å². The van der Waals surface area contributed by atoms with Gasteiger partial charge in [-0.25, -0.2) is 4.79 Å². The number of nitrogens with zero attached hydrogens (tertiary/aromatic N) is 1. The monoisotopic (exact) mass is 372 g/mol. The van der Waals surface area contributed by atoms with Gasteiger partial charge in [0.15, 0.2) is 0 Å². The molecular weight excluding hydrogens is 336 g/mol. The van der Waals surface area contributed by atoms with E-state index in [1.807, 2.05) is 34.7 Å². The maximum atomic E-state index is 11.7. The van der Waals surface area contributed by atoms with E-state index in [4.69, 9.17) is 4.74 Å². The Morgan fingerprint density at radius 2 is 1.54 bits per heavy atom. The minimum Gasteiger partial charge on any atom is -0.444 e. The fourth-order valence-corrected chi connectivity index (χ4v) is 2.06. The molecular formula is C18H36N4O4. The zero-order valence-corrected chi connectivity index (χ0v) is 16.9. The second kappa shape index (κ2) is 13.4. The molecule has 0 aromatic heterocycles. The molecule has 0 aliphatic heterocycles. The second-order valence-corrected chi connectivity index (χ2v) is 7.32. The Hall–Kier alpha value is -1.83. The van der Waals surface area contributed by atoms with Gasteiger partial charge >= 0.3 is 6.09 Å². The van der Waals surface area contributed by atoms with Crippen LogP contribution in [0.2, 0.25) is 0 Å². The Bertz CT molecular complexity index is 435. The van der Waals surface area contributed by atoms with E-state index in [1.54, 1.807) is 0 Å². The number of carbonyl (C=O) groups is 3. The molecule has 0 fully saturated rings. The zero-order chi connectivity index (χ0) is 20.0. The van der Waals surface area contributed by atoms with Crippen LogP contribution in [-0.4, -0.2) is 61.8 Å². The molecule has 3 amide bonds. The molecule has 0 heterocycles. The van der Waals surface area contributed by atoms with Crippen molar-refractivity contribution in [1.82, 2.24) is 20.9 Å². The van der Waals surface area contributed by atoms with Crippen LogP contribution < -0.4 is 16.0 Å². The summed E-state index contributed by atoms with van der Waals surface area (Å²) in [5.74, 6) is -0.134. The summed E-state index contributed by atoms with van der Waals surface area (Å²) in [6, 6.07) is 0. The third kappa shape index (κ3) is 15.7. The highest BCUT2D eigenvalue weighted by molar-refractivity contribution is 5.78. The van der Waals surface area contributed by atoms with Gasteiger partial charge in [-0.2, -0.15) is 0 Å². The summed E-state index contributed by atoms with van der Waals surface area (Å²) < 4.78 is 5.16. The number of rotatable bonds is 12. The van der Waals surface area contributed by atoms with Crippen LogP contribution in [0.1, 0.15) is 59.8 Å². The lowest BCUT2D eigenvalue weighted by Crippen LogP contribution is -2.38. The van der Waals surface area contributed by atoms with Gasteiger partial charge in [0.1, 0.15) is 5.60 Å². The number of alkyl carbamates (subject to hydrolysis) is 1. The van der Waals surface area contributed by atoms with Gasteiger partial charge in [0.05, 0.1) is 6.67 Å². The van der Waals surface area contributed by atoms with Crippen LogP contribution in [-0.2, 0) is 14.3 Å². The van der Waals surface area contributed by atoms with Gasteiger partial charge in [-0.3, -0.25) is 9.59 Å². The van der Waals surface area contributed by atoms with Gasteiger partial charge < -0.3 is 25.6 Å². The molecule has 0 saturated heterocycles. The number of carbonyl (C=O) groups excluding carboxylic acids is 3. The number of hydrogen-bond acceptors (Lipinski definition) is 5. The van der Waals surface area contributed by atoms with Crippen molar-refractivity contribution in [2.45, 2.75) is 65.4 Å². The quantitative estimate of drug-likeness (QED) is 0.357. The van der Waals surface area contributed by atoms with E-state index in [0.29, 0.717) is 25.9 Å². The average molecular weight is 373 g/mol. The summed E-state index contributed by atoms with van der Waals surface area (Å²) in [5, 5.41) is 8.05. The summed E-state index contributed by atoms with van der Waals surface area (Å²) in [7, 11) is 1.96. The Labute approximate surface area is 157 Å². The van der Waals surface area contributed by atoms with Crippen molar-refractivity contribution in [3.05, 3.63) is 0 Å². The van der Waals surface area contributed by atoms with Gasteiger partial charge in [0.25, 0.3) is 0 Å². The van der Waals surface area contributed by atoms with E-state index in [9.17, 15) is 14.4 Å². The summed E-state index contributed by atoms with van der Waals surface area (Å²) in [6.45, 7) is 9.66. The Morgan fingerprint density at radius 1 is 0.923 bits per heavy atom. The molecule has 0 bridgehead atoms. The standard InChI is InChI=1S/C18H36N4O4/c1-6-9-15(23)20-14-21-16(24)10-13-22(5)12-8-7-11-19-17(25)26-18(2,3)4/h6-14H2,1-5H3,(H,19,25)(H,20,23)(H,21,24). The van der Waals surface area contributed by atoms with Crippen LogP contribution >= 0.6 is 0 Å². The summed E-state index contributed by atoms with van der Waals surface area (Å²) in [4.78, 5) is 36.5. The van der Waals surface area contributed by atoms with Crippen LogP contribution in [0.4, 0.5) is 4.79 Å². The molecule has 0 aromatic rings. The predicted molar refractivity (Wildman–Crippen MR) is 102 cm³/mol. The molecule has 0 radical (unpaired) electrons. The molecule has 0 aromatic carbocycles. The van der Waals surface area contributed by atoms with Crippen molar-refractivity contribution in [3.63, 3.8) is 0 Å². The molecule has 0 spiro atoms. The maximum absolute atomic E-state index is 11.7. The van der Waals surface area contributed by atoms with Gasteiger partial charge in [0.2, 0.25) is 11.8 Å². The largest absolute Gasteiger partial charge is 0.444 e. The van der Waals surface area contributed by atoms with Gasteiger partial charge in [-0.15, -0.1) is 0 Å². The Morgan fingerprint density at radius 3 is 2.12 bits per heavy atom. The van der Waals surface area contributed by atoms with Crippen molar-refractivity contribution in [3.8, 4) is 0 Å². The van der Waals surface area contributed by atoms with Crippen molar-refractivity contribution >= 4 is 17.9 Å². The Balaban J connectivity index is 3.62. The highest BCUT2D eigenvalue weighted by Crippen LogP contribution is 2.06. The van der Waals surface area contributed by atoms with Crippen molar-refractivity contribution in [1.29, 1.82) is 0 Å². The van der Waals surface area contributed by atoms with Gasteiger partial charge in [-0.1, -0.05) is 6.92 Å². The molecule has 8 nitrogen and oxygen atoms in total. The van der Waals surface area contributed by atoms with Crippen molar-refractivity contribution < 1.29 is 19.1 Å². The van der Waals surface area contributed by atoms with E-state index in [2.05, 4.69) is 20.9 Å². The minimum atomic E-state index is -0.482. The first kappa shape index (κ1) is 24.2. The van der Waals surface area contributed by atoms with Crippen molar-refractivity contribution in [2.75, 3.05) is 33.4 Å².